The number of phenols is 1. The van der Waals surface area contributed by atoms with E-state index in [1.54, 1.807) is 30.3 Å². The standard InChI is InChI=1S/C24H31N3O6/c1-15(2)21(27-23(30)17-12-19(32-3)14-20(13-17)33-4)24(31)26-10-6-9-25-22(29)16-7-5-8-18(28)11-16/h5,7-8,11-15,21,28H,6,9-10H2,1-4H3,(H,25,29)(H,26,31)(H,27,30). The van der Waals surface area contributed by atoms with Gasteiger partial charge in [0.15, 0.2) is 0 Å². The zero-order chi connectivity index (χ0) is 24.4. The van der Waals surface area contributed by atoms with Gasteiger partial charge in [-0.3, -0.25) is 14.4 Å². The molecule has 0 aliphatic rings. The molecule has 9 heteroatoms. The van der Waals surface area contributed by atoms with Gasteiger partial charge in [0.25, 0.3) is 11.8 Å². The highest BCUT2D eigenvalue weighted by atomic mass is 16.5. The van der Waals surface area contributed by atoms with Crippen LogP contribution in [0.25, 0.3) is 0 Å². The maximum atomic E-state index is 12.7. The SMILES string of the molecule is COc1cc(OC)cc(C(=O)NC(C(=O)NCCCNC(=O)c2cccc(O)c2)C(C)C)c1. The summed E-state index contributed by atoms with van der Waals surface area (Å²) in [6, 6.07) is 10.1. The first-order valence-electron chi connectivity index (χ1n) is 10.6. The van der Waals surface area contributed by atoms with Crippen LogP contribution in [0.5, 0.6) is 17.2 Å². The first-order valence-corrected chi connectivity index (χ1v) is 10.6. The van der Waals surface area contributed by atoms with Crippen LogP contribution in [0.3, 0.4) is 0 Å². The molecule has 1 atom stereocenters. The molecule has 0 spiro atoms. The number of rotatable bonds is 11. The van der Waals surface area contributed by atoms with Crippen molar-refractivity contribution in [2.75, 3.05) is 27.3 Å². The number of nitrogens with one attached hydrogen (secondary N) is 3. The number of amides is 3. The highest BCUT2D eigenvalue weighted by Crippen LogP contribution is 2.22. The molecule has 0 heterocycles. The van der Waals surface area contributed by atoms with Crippen LogP contribution < -0.4 is 25.4 Å². The molecule has 0 aliphatic heterocycles. The molecule has 0 fully saturated rings. The van der Waals surface area contributed by atoms with E-state index in [0.717, 1.165) is 0 Å². The Kier molecular flexibility index (Phi) is 9.53. The van der Waals surface area contributed by atoms with E-state index >= 15 is 0 Å². The minimum atomic E-state index is -0.739. The third-order valence-corrected chi connectivity index (χ3v) is 4.90. The summed E-state index contributed by atoms with van der Waals surface area (Å²) in [5.74, 6) is -0.225. The van der Waals surface area contributed by atoms with Crippen molar-refractivity contribution in [3.63, 3.8) is 0 Å². The Bertz CT molecular complexity index is 954. The van der Waals surface area contributed by atoms with Crippen molar-refractivity contribution in [3.05, 3.63) is 53.6 Å². The molecule has 0 aromatic heterocycles. The summed E-state index contributed by atoms with van der Waals surface area (Å²) in [5, 5.41) is 17.7. The number of carbonyl (C=O) groups is 3. The van der Waals surface area contributed by atoms with Crippen molar-refractivity contribution in [3.8, 4) is 17.2 Å². The molecule has 0 radical (unpaired) electrons. The Balaban J connectivity index is 1.86. The molecular formula is C24H31N3O6. The van der Waals surface area contributed by atoms with Crippen molar-refractivity contribution in [1.29, 1.82) is 0 Å². The van der Waals surface area contributed by atoms with Gasteiger partial charge in [0, 0.05) is 30.3 Å². The topological polar surface area (TPSA) is 126 Å². The van der Waals surface area contributed by atoms with E-state index in [-0.39, 0.29) is 23.5 Å². The number of phenolic OH excluding ortho intramolecular Hbond substituents is 1. The van der Waals surface area contributed by atoms with Crippen LogP contribution in [0.15, 0.2) is 42.5 Å². The number of hydrogen-bond donors (Lipinski definition) is 4. The van der Waals surface area contributed by atoms with E-state index in [1.807, 2.05) is 13.8 Å². The van der Waals surface area contributed by atoms with E-state index in [9.17, 15) is 19.5 Å². The van der Waals surface area contributed by atoms with E-state index in [2.05, 4.69) is 16.0 Å². The Morgan fingerprint density at radius 3 is 2.09 bits per heavy atom. The van der Waals surface area contributed by atoms with Crippen LogP contribution in [0.4, 0.5) is 0 Å². The molecule has 2 aromatic carbocycles. The second-order valence-corrected chi connectivity index (χ2v) is 7.75. The predicted octanol–water partition coefficient (Wildman–Crippen LogP) is 2.10. The van der Waals surface area contributed by atoms with Gasteiger partial charge in [-0.2, -0.15) is 0 Å². The van der Waals surface area contributed by atoms with Gasteiger partial charge in [-0.15, -0.1) is 0 Å². The molecular weight excluding hydrogens is 426 g/mol. The number of hydrogen-bond acceptors (Lipinski definition) is 6. The maximum Gasteiger partial charge on any atom is 0.252 e. The Hall–Kier alpha value is -3.75. The van der Waals surface area contributed by atoms with Crippen molar-refractivity contribution < 1.29 is 29.0 Å². The van der Waals surface area contributed by atoms with Gasteiger partial charge in [0.05, 0.1) is 14.2 Å². The lowest BCUT2D eigenvalue weighted by Gasteiger charge is -2.22. The van der Waals surface area contributed by atoms with E-state index in [0.29, 0.717) is 42.1 Å². The van der Waals surface area contributed by atoms with Gasteiger partial charge in [0.2, 0.25) is 5.91 Å². The van der Waals surface area contributed by atoms with Crippen LogP contribution in [-0.2, 0) is 4.79 Å². The molecule has 2 rings (SSSR count). The minimum Gasteiger partial charge on any atom is -0.508 e. The number of aromatic hydroxyl groups is 1. The van der Waals surface area contributed by atoms with Crippen molar-refractivity contribution in [2.24, 2.45) is 5.92 Å². The lowest BCUT2D eigenvalue weighted by Crippen LogP contribution is -2.50. The van der Waals surface area contributed by atoms with Crippen LogP contribution in [-0.4, -0.2) is 56.2 Å². The third kappa shape index (κ3) is 7.71. The van der Waals surface area contributed by atoms with Crippen molar-refractivity contribution in [2.45, 2.75) is 26.3 Å². The molecule has 0 saturated carbocycles. The van der Waals surface area contributed by atoms with Gasteiger partial charge >= 0.3 is 0 Å². The second kappa shape index (κ2) is 12.3. The van der Waals surface area contributed by atoms with Gasteiger partial charge in [0.1, 0.15) is 23.3 Å². The van der Waals surface area contributed by atoms with E-state index < -0.39 is 11.9 Å². The number of methoxy groups -OCH3 is 2. The Labute approximate surface area is 193 Å². The molecule has 178 valence electrons. The summed E-state index contributed by atoms with van der Waals surface area (Å²) in [5.41, 5.74) is 0.676. The average molecular weight is 458 g/mol. The largest absolute Gasteiger partial charge is 0.508 e. The zero-order valence-corrected chi connectivity index (χ0v) is 19.3. The van der Waals surface area contributed by atoms with Crippen LogP contribution in [0.1, 0.15) is 41.0 Å². The van der Waals surface area contributed by atoms with Gasteiger partial charge < -0.3 is 30.5 Å². The minimum absolute atomic E-state index is 0.0177. The van der Waals surface area contributed by atoms with Crippen LogP contribution in [0, 0.1) is 5.92 Å². The molecule has 0 bridgehead atoms. The average Bonchev–Trinajstić information content (AvgIpc) is 2.81. The Morgan fingerprint density at radius 1 is 0.879 bits per heavy atom. The monoisotopic (exact) mass is 457 g/mol. The molecule has 9 nitrogen and oxygen atoms in total. The summed E-state index contributed by atoms with van der Waals surface area (Å²) in [6.45, 7) is 4.35. The molecule has 2 aromatic rings. The molecule has 1 unspecified atom stereocenters. The molecule has 33 heavy (non-hydrogen) atoms. The fourth-order valence-corrected chi connectivity index (χ4v) is 3.06. The number of ether oxygens (including phenoxy) is 2. The fraction of sp³-hybridized carbons (Fsp3) is 0.375. The first kappa shape index (κ1) is 25.5. The van der Waals surface area contributed by atoms with Gasteiger partial charge in [-0.1, -0.05) is 19.9 Å². The van der Waals surface area contributed by atoms with E-state index in [1.165, 1.54) is 26.4 Å². The number of benzene rings is 2. The second-order valence-electron chi connectivity index (χ2n) is 7.75. The highest BCUT2D eigenvalue weighted by Gasteiger charge is 2.25. The van der Waals surface area contributed by atoms with Crippen molar-refractivity contribution >= 4 is 17.7 Å². The van der Waals surface area contributed by atoms with Crippen LogP contribution in [0.2, 0.25) is 0 Å². The highest BCUT2D eigenvalue weighted by molar-refractivity contribution is 5.98. The summed E-state index contributed by atoms with van der Waals surface area (Å²) < 4.78 is 10.4. The smallest absolute Gasteiger partial charge is 0.252 e. The first-order chi connectivity index (χ1) is 15.7. The Morgan fingerprint density at radius 2 is 1.52 bits per heavy atom. The maximum absolute atomic E-state index is 12.7. The van der Waals surface area contributed by atoms with Crippen LogP contribution >= 0.6 is 0 Å². The molecule has 0 saturated heterocycles. The molecule has 4 N–H and O–H groups in total. The number of carbonyl (C=O) groups excluding carboxylic acids is 3. The van der Waals surface area contributed by atoms with Gasteiger partial charge in [-0.05, 0) is 42.7 Å². The summed E-state index contributed by atoms with van der Waals surface area (Å²) >= 11 is 0. The summed E-state index contributed by atoms with van der Waals surface area (Å²) in [6.07, 6.45) is 0.502. The summed E-state index contributed by atoms with van der Waals surface area (Å²) in [4.78, 5) is 37.5. The molecule has 3 amide bonds. The normalized spacial score (nSPS) is 11.4. The quantitative estimate of drug-likeness (QED) is 0.383. The fourth-order valence-electron chi connectivity index (χ4n) is 3.06. The molecule has 0 aliphatic carbocycles. The predicted molar refractivity (Wildman–Crippen MR) is 124 cm³/mol. The summed E-state index contributed by atoms with van der Waals surface area (Å²) in [7, 11) is 2.99. The lowest BCUT2D eigenvalue weighted by molar-refractivity contribution is -0.123. The third-order valence-electron chi connectivity index (χ3n) is 4.90. The van der Waals surface area contributed by atoms with Crippen molar-refractivity contribution in [1.82, 2.24) is 16.0 Å². The van der Waals surface area contributed by atoms with E-state index in [4.69, 9.17) is 9.47 Å². The lowest BCUT2D eigenvalue weighted by atomic mass is 10.0. The zero-order valence-electron chi connectivity index (χ0n) is 19.3. The van der Waals surface area contributed by atoms with Gasteiger partial charge in [-0.25, -0.2) is 0 Å².